The Hall–Kier alpha value is -1.89. The second kappa shape index (κ2) is 6.91. The van der Waals surface area contributed by atoms with Crippen LogP contribution in [-0.2, 0) is 0 Å². The van der Waals surface area contributed by atoms with Crippen LogP contribution in [0.3, 0.4) is 0 Å². The molecule has 0 bridgehead atoms. The molecule has 5 nitrogen and oxygen atoms in total. The first-order valence-corrected chi connectivity index (χ1v) is 7.32. The van der Waals surface area contributed by atoms with E-state index in [2.05, 4.69) is 10.6 Å². The monoisotopic (exact) mass is 355 g/mol. The summed E-state index contributed by atoms with van der Waals surface area (Å²) in [4.78, 5) is 10.3. The highest BCUT2D eigenvalue weighted by Gasteiger charge is 2.11. The van der Waals surface area contributed by atoms with E-state index >= 15 is 0 Å². The molecule has 0 saturated heterocycles. The van der Waals surface area contributed by atoms with Crippen LogP contribution in [0.15, 0.2) is 36.4 Å². The van der Waals surface area contributed by atoms with Crippen molar-refractivity contribution in [3.8, 4) is 0 Å². The Morgan fingerprint density at radius 1 is 1.14 bits per heavy atom. The first-order chi connectivity index (χ1) is 10.4. The molecule has 0 aromatic heterocycles. The van der Waals surface area contributed by atoms with Crippen LogP contribution in [0.5, 0.6) is 0 Å². The highest BCUT2D eigenvalue weighted by atomic mass is 35.5. The summed E-state index contributed by atoms with van der Waals surface area (Å²) < 4.78 is 0. The summed E-state index contributed by atoms with van der Waals surface area (Å²) in [5, 5.41) is 17.8. The second-order valence-electron chi connectivity index (χ2n) is 4.41. The summed E-state index contributed by atoms with van der Waals surface area (Å²) in [5.74, 6) is 0. The number of hydrogen-bond donors (Lipinski definition) is 2. The van der Waals surface area contributed by atoms with E-state index < -0.39 is 4.92 Å². The van der Waals surface area contributed by atoms with Gasteiger partial charge in [-0.15, -0.1) is 0 Å². The highest BCUT2D eigenvalue weighted by molar-refractivity contribution is 7.80. The molecule has 0 radical (unpaired) electrons. The predicted molar refractivity (Wildman–Crippen MR) is 94.1 cm³/mol. The molecule has 0 heterocycles. The molecule has 0 aliphatic heterocycles. The number of nitrogens with zero attached hydrogens (tertiary/aromatic N) is 1. The van der Waals surface area contributed by atoms with E-state index in [-0.39, 0.29) is 10.8 Å². The normalized spacial score (nSPS) is 10.1. The van der Waals surface area contributed by atoms with E-state index in [1.54, 1.807) is 12.1 Å². The van der Waals surface area contributed by atoms with Crippen molar-refractivity contribution in [2.45, 2.75) is 6.92 Å². The van der Waals surface area contributed by atoms with Gasteiger partial charge in [0.25, 0.3) is 5.69 Å². The molecular formula is C14H11Cl2N3O2S. The van der Waals surface area contributed by atoms with Crippen LogP contribution in [0.25, 0.3) is 0 Å². The molecule has 2 N–H and O–H groups in total. The zero-order valence-corrected chi connectivity index (χ0v) is 13.7. The molecule has 0 aliphatic carbocycles. The molecule has 0 spiro atoms. The Bertz CT molecular complexity index is 753. The van der Waals surface area contributed by atoms with Gasteiger partial charge in [0.1, 0.15) is 0 Å². The third-order valence-electron chi connectivity index (χ3n) is 2.92. The fourth-order valence-electron chi connectivity index (χ4n) is 1.74. The van der Waals surface area contributed by atoms with Crippen molar-refractivity contribution in [1.82, 2.24) is 0 Å². The number of nitro benzene ring substituents is 1. The van der Waals surface area contributed by atoms with Gasteiger partial charge in [-0.2, -0.15) is 0 Å². The van der Waals surface area contributed by atoms with Crippen LogP contribution in [0.1, 0.15) is 5.56 Å². The molecule has 2 aromatic carbocycles. The first kappa shape index (κ1) is 16.5. The van der Waals surface area contributed by atoms with E-state index in [4.69, 9.17) is 35.4 Å². The molecule has 0 fully saturated rings. The standard InChI is InChI=1S/C14H11Cl2N3O2S/c1-8-10(15)3-2-4-12(8)17-14(22)18-13-7-9(19(20)21)5-6-11(13)16/h2-7H,1H3,(H2,17,18,22). The average molecular weight is 356 g/mol. The fourth-order valence-corrected chi connectivity index (χ4v) is 2.30. The summed E-state index contributed by atoms with van der Waals surface area (Å²) in [5.41, 5.74) is 1.87. The Kier molecular flexibility index (Phi) is 5.18. The summed E-state index contributed by atoms with van der Waals surface area (Å²) in [6.45, 7) is 1.85. The van der Waals surface area contributed by atoms with E-state index in [1.165, 1.54) is 18.2 Å². The van der Waals surface area contributed by atoms with E-state index in [0.29, 0.717) is 15.7 Å². The van der Waals surface area contributed by atoms with Gasteiger partial charge >= 0.3 is 0 Å². The van der Waals surface area contributed by atoms with Crippen molar-refractivity contribution in [3.05, 3.63) is 62.1 Å². The smallest absolute Gasteiger partial charge is 0.271 e. The van der Waals surface area contributed by atoms with Crippen molar-refractivity contribution in [3.63, 3.8) is 0 Å². The van der Waals surface area contributed by atoms with Crippen LogP contribution >= 0.6 is 35.4 Å². The summed E-state index contributed by atoms with van der Waals surface area (Å²) in [6.07, 6.45) is 0. The number of thiocarbonyl (C=S) groups is 1. The van der Waals surface area contributed by atoms with Gasteiger partial charge in [-0.1, -0.05) is 29.3 Å². The van der Waals surface area contributed by atoms with Gasteiger partial charge < -0.3 is 10.6 Å². The number of benzene rings is 2. The minimum Gasteiger partial charge on any atom is -0.332 e. The lowest BCUT2D eigenvalue weighted by Gasteiger charge is -2.14. The SMILES string of the molecule is Cc1c(Cl)cccc1NC(=S)Nc1cc([N+](=O)[O-])ccc1Cl. The third kappa shape index (κ3) is 3.85. The molecule has 114 valence electrons. The summed E-state index contributed by atoms with van der Waals surface area (Å²) in [6, 6.07) is 9.47. The number of hydrogen-bond acceptors (Lipinski definition) is 3. The minimum atomic E-state index is -0.501. The van der Waals surface area contributed by atoms with Crippen LogP contribution in [-0.4, -0.2) is 10.0 Å². The molecule has 22 heavy (non-hydrogen) atoms. The van der Waals surface area contributed by atoms with Crippen molar-refractivity contribution in [2.24, 2.45) is 0 Å². The molecule has 0 amide bonds. The Morgan fingerprint density at radius 3 is 2.50 bits per heavy atom. The molecule has 2 rings (SSSR count). The number of anilines is 2. The number of nitrogens with one attached hydrogen (secondary N) is 2. The van der Waals surface area contributed by atoms with Crippen LogP contribution in [0, 0.1) is 17.0 Å². The Labute approximate surface area is 142 Å². The number of nitro groups is 1. The van der Waals surface area contributed by atoms with Gasteiger partial charge in [0.15, 0.2) is 5.11 Å². The van der Waals surface area contributed by atoms with Crippen molar-refractivity contribution in [2.75, 3.05) is 10.6 Å². The van der Waals surface area contributed by atoms with Gasteiger partial charge in [-0.25, -0.2) is 0 Å². The first-order valence-electron chi connectivity index (χ1n) is 6.15. The van der Waals surface area contributed by atoms with Gasteiger partial charge in [0, 0.05) is 22.8 Å². The lowest BCUT2D eigenvalue weighted by molar-refractivity contribution is -0.384. The topological polar surface area (TPSA) is 67.2 Å². The summed E-state index contributed by atoms with van der Waals surface area (Å²) >= 11 is 17.2. The lowest BCUT2D eigenvalue weighted by Crippen LogP contribution is -2.20. The number of rotatable bonds is 3. The van der Waals surface area contributed by atoms with Crippen molar-refractivity contribution < 1.29 is 4.92 Å². The lowest BCUT2D eigenvalue weighted by atomic mass is 10.2. The van der Waals surface area contributed by atoms with Crippen LogP contribution < -0.4 is 10.6 Å². The van der Waals surface area contributed by atoms with E-state index in [0.717, 1.165) is 11.3 Å². The van der Waals surface area contributed by atoms with E-state index in [1.807, 2.05) is 13.0 Å². The van der Waals surface area contributed by atoms with Crippen LogP contribution in [0.4, 0.5) is 17.1 Å². The highest BCUT2D eigenvalue weighted by Crippen LogP contribution is 2.27. The zero-order valence-electron chi connectivity index (χ0n) is 11.4. The molecular weight excluding hydrogens is 345 g/mol. The number of halogens is 2. The van der Waals surface area contributed by atoms with Gasteiger partial charge in [0.05, 0.1) is 15.6 Å². The van der Waals surface area contributed by atoms with Crippen molar-refractivity contribution in [1.29, 1.82) is 0 Å². The molecule has 2 aromatic rings. The number of non-ortho nitro benzene ring substituents is 1. The quantitative estimate of drug-likeness (QED) is 0.459. The molecule has 0 unspecified atom stereocenters. The maximum Gasteiger partial charge on any atom is 0.271 e. The molecule has 0 aliphatic rings. The zero-order chi connectivity index (χ0) is 16.3. The fraction of sp³-hybridized carbons (Fsp3) is 0.0714. The maximum absolute atomic E-state index is 10.8. The molecule has 0 atom stereocenters. The average Bonchev–Trinajstić information content (AvgIpc) is 2.46. The van der Waals surface area contributed by atoms with Crippen LogP contribution in [0.2, 0.25) is 10.0 Å². The predicted octanol–water partition coefficient (Wildman–Crippen LogP) is 5.02. The van der Waals surface area contributed by atoms with Gasteiger partial charge in [0.2, 0.25) is 0 Å². The Morgan fingerprint density at radius 2 is 1.82 bits per heavy atom. The van der Waals surface area contributed by atoms with Gasteiger partial charge in [-0.05, 0) is 42.9 Å². The Balaban J connectivity index is 2.17. The summed E-state index contributed by atoms with van der Waals surface area (Å²) in [7, 11) is 0. The largest absolute Gasteiger partial charge is 0.332 e. The second-order valence-corrected chi connectivity index (χ2v) is 5.64. The van der Waals surface area contributed by atoms with E-state index in [9.17, 15) is 10.1 Å². The molecule has 0 saturated carbocycles. The molecule has 8 heteroatoms. The maximum atomic E-state index is 10.8. The minimum absolute atomic E-state index is 0.0753. The van der Waals surface area contributed by atoms with Gasteiger partial charge in [-0.3, -0.25) is 10.1 Å². The van der Waals surface area contributed by atoms with Crippen molar-refractivity contribution >= 4 is 57.6 Å². The third-order valence-corrected chi connectivity index (χ3v) is 3.87.